The Morgan fingerprint density at radius 1 is 1.22 bits per heavy atom. The maximum atomic E-state index is 5.60. The predicted molar refractivity (Wildman–Crippen MR) is 73.8 cm³/mol. The number of hydrogen-bond acceptors (Lipinski definition) is 5. The molecule has 0 saturated carbocycles. The zero-order valence-electron chi connectivity index (χ0n) is 10.2. The minimum Gasteiger partial charge on any atom is -0.493 e. The van der Waals surface area contributed by atoms with Crippen molar-refractivity contribution in [2.24, 2.45) is 0 Å². The first-order valence-corrected chi connectivity index (χ1v) is 6.63. The SMILES string of the molecule is Cc1ccnc(SCCOc2ccc(N)cc2)n1. The third-order valence-electron chi connectivity index (χ3n) is 2.24. The van der Waals surface area contributed by atoms with Gasteiger partial charge in [-0.1, -0.05) is 11.8 Å². The normalized spacial score (nSPS) is 10.3. The van der Waals surface area contributed by atoms with Crippen LogP contribution in [0.2, 0.25) is 0 Å². The molecule has 1 heterocycles. The molecule has 0 saturated heterocycles. The first-order valence-electron chi connectivity index (χ1n) is 5.65. The Kier molecular flexibility index (Phi) is 4.41. The largest absolute Gasteiger partial charge is 0.493 e. The van der Waals surface area contributed by atoms with E-state index in [0.717, 1.165) is 28.0 Å². The third-order valence-corrected chi connectivity index (χ3v) is 3.06. The van der Waals surface area contributed by atoms with Crippen molar-refractivity contribution in [1.29, 1.82) is 0 Å². The summed E-state index contributed by atoms with van der Waals surface area (Å²) in [6, 6.07) is 9.26. The standard InChI is InChI=1S/C13H15N3OS/c1-10-6-7-15-13(16-10)18-9-8-17-12-4-2-11(14)3-5-12/h2-7H,8-9,14H2,1H3. The average molecular weight is 261 g/mol. The predicted octanol–water partition coefficient (Wildman–Crippen LogP) is 2.54. The number of anilines is 1. The second-order valence-corrected chi connectivity index (χ2v) is 4.81. The van der Waals surface area contributed by atoms with Gasteiger partial charge in [0.05, 0.1) is 6.61 Å². The Morgan fingerprint density at radius 2 is 2.00 bits per heavy atom. The quantitative estimate of drug-likeness (QED) is 0.388. The number of rotatable bonds is 5. The summed E-state index contributed by atoms with van der Waals surface area (Å²) in [5.41, 5.74) is 7.31. The van der Waals surface area contributed by atoms with Crippen molar-refractivity contribution in [2.45, 2.75) is 12.1 Å². The Balaban J connectivity index is 1.74. The number of benzene rings is 1. The van der Waals surface area contributed by atoms with Crippen molar-refractivity contribution in [1.82, 2.24) is 9.97 Å². The number of nitrogens with two attached hydrogens (primary N) is 1. The van der Waals surface area contributed by atoms with Gasteiger partial charge in [0.1, 0.15) is 5.75 Å². The summed E-state index contributed by atoms with van der Waals surface area (Å²) in [4.78, 5) is 8.48. The fraction of sp³-hybridized carbons (Fsp3) is 0.231. The van der Waals surface area contributed by atoms with E-state index in [1.54, 1.807) is 18.0 Å². The van der Waals surface area contributed by atoms with Gasteiger partial charge in [0.15, 0.2) is 5.16 Å². The molecule has 1 aromatic heterocycles. The third kappa shape index (κ3) is 3.92. The molecule has 0 spiro atoms. The van der Waals surface area contributed by atoms with Gasteiger partial charge in [-0.15, -0.1) is 0 Å². The van der Waals surface area contributed by atoms with Crippen LogP contribution in [-0.4, -0.2) is 22.3 Å². The molecule has 0 aliphatic heterocycles. The Labute approximate surface area is 111 Å². The van der Waals surface area contributed by atoms with E-state index in [0.29, 0.717) is 6.61 Å². The monoisotopic (exact) mass is 261 g/mol. The zero-order valence-corrected chi connectivity index (χ0v) is 11.0. The first-order chi connectivity index (χ1) is 8.74. The van der Waals surface area contributed by atoms with Crippen molar-refractivity contribution >= 4 is 17.4 Å². The molecule has 4 nitrogen and oxygen atoms in total. The fourth-order valence-electron chi connectivity index (χ4n) is 1.35. The van der Waals surface area contributed by atoms with Gasteiger partial charge in [-0.25, -0.2) is 9.97 Å². The lowest BCUT2D eigenvalue weighted by Gasteiger charge is -2.05. The van der Waals surface area contributed by atoms with Gasteiger partial charge < -0.3 is 10.5 Å². The lowest BCUT2D eigenvalue weighted by molar-refractivity contribution is 0.344. The summed E-state index contributed by atoms with van der Waals surface area (Å²) >= 11 is 1.59. The Bertz CT molecular complexity index is 502. The number of aryl methyl sites for hydroxylation is 1. The molecule has 0 atom stereocenters. The molecule has 94 valence electrons. The minimum absolute atomic E-state index is 0.617. The topological polar surface area (TPSA) is 61.0 Å². The second kappa shape index (κ2) is 6.26. The molecule has 1 aromatic carbocycles. The maximum absolute atomic E-state index is 5.60. The van der Waals surface area contributed by atoms with E-state index in [9.17, 15) is 0 Å². The van der Waals surface area contributed by atoms with Crippen molar-refractivity contribution < 1.29 is 4.74 Å². The molecule has 5 heteroatoms. The molecule has 0 unspecified atom stereocenters. The number of ether oxygens (including phenoxy) is 1. The first kappa shape index (κ1) is 12.7. The number of hydrogen-bond donors (Lipinski definition) is 1. The van der Waals surface area contributed by atoms with Crippen LogP contribution in [0.5, 0.6) is 5.75 Å². The smallest absolute Gasteiger partial charge is 0.187 e. The molecule has 0 aliphatic rings. The summed E-state index contributed by atoms with van der Waals surface area (Å²) in [5.74, 6) is 1.64. The van der Waals surface area contributed by atoms with Gasteiger partial charge in [0.2, 0.25) is 0 Å². The van der Waals surface area contributed by atoms with Gasteiger partial charge in [-0.3, -0.25) is 0 Å². The molecular weight excluding hydrogens is 246 g/mol. The fourth-order valence-corrected chi connectivity index (χ4v) is 2.05. The highest BCUT2D eigenvalue weighted by molar-refractivity contribution is 7.99. The van der Waals surface area contributed by atoms with Crippen molar-refractivity contribution in [3.63, 3.8) is 0 Å². The number of nitrogens with zero attached hydrogens (tertiary/aromatic N) is 2. The van der Waals surface area contributed by atoms with Gasteiger partial charge in [0.25, 0.3) is 0 Å². The molecule has 0 amide bonds. The van der Waals surface area contributed by atoms with Gasteiger partial charge in [-0.2, -0.15) is 0 Å². The summed E-state index contributed by atoms with van der Waals surface area (Å²) < 4.78 is 5.58. The average Bonchev–Trinajstić information content (AvgIpc) is 2.37. The molecule has 0 aliphatic carbocycles. The second-order valence-electron chi connectivity index (χ2n) is 3.75. The number of aromatic nitrogens is 2. The molecule has 2 N–H and O–H groups in total. The van der Waals surface area contributed by atoms with Crippen LogP contribution in [0.4, 0.5) is 5.69 Å². The van der Waals surface area contributed by atoms with Crippen LogP contribution in [0.1, 0.15) is 5.69 Å². The van der Waals surface area contributed by atoms with E-state index in [-0.39, 0.29) is 0 Å². The van der Waals surface area contributed by atoms with E-state index in [2.05, 4.69) is 9.97 Å². The van der Waals surface area contributed by atoms with E-state index in [4.69, 9.17) is 10.5 Å². The Morgan fingerprint density at radius 3 is 2.72 bits per heavy atom. The minimum atomic E-state index is 0.617. The van der Waals surface area contributed by atoms with E-state index < -0.39 is 0 Å². The van der Waals surface area contributed by atoms with Crippen LogP contribution in [0.25, 0.3) is 0 Å². The lowest BCUT2D eigenvalue weighted by Crippen LogP contribution is -2.01. The molecule has 0 radical (unpaired) electrons. The van der Waals surface area contributed by atoms with E-state index in [1.807, 2.05) is 37.3 Å². The van der Waals surface area contributed by atoms with Crippen LogP contribution in [0.3, 0.4) is 0 Å². The van der Waals surface area contributed by atoms with Crippen LogP contribution in [0.15, 0.2) is 41.7 Å². The van der Waals surface area contributed by atoms with Crippen LogP contribution >= 0.6 is 11.8 Å². The Hall–Kier alpha value is -1.75. The highest BCUT2D eigenvalue weighted by Crippen LogP contribution is 2.15. The molecule has 18 heavy (non-hydrogen) atoms. The lowest BCUT2D eigenvalue weighted by atomic mass is 10.3. The summed E-state index contributed by atoms with van der Waals surface area (Å²) in [7, 11) is 0. The maximum Gasteiger partial charge on any atom is 0.187 e. The highest BCUT2D eigenvalue weighted by atomic mass is 32.2. The van der Waals surface area contributed by atoms with E-state index in [1.165, 1.54) is 0 Å². The van der Waals surface area contributed by atoms with E-state index >= 15 is 0 Å². The summed E-state index contributed by atoms with van der Waals surface area (Å²) in [6.45, 7) is 2.57. The molecular formula is C13H15N3OS. The molecule has 0 bridgehead atoms. The highest BCUT2D eigenvalue weighted by Gasteiger charge is 1.98. The number of thioether (sulfide) groups is 1. The van der Waals surface area contributed by atoms with Crippen LogP contribution < -0.4 is 10.5 Å². The van der Waals surface area contributed by atoms with Crippen molar-refractivity contribution in [2.75, 3.05) is 18.1 Å². The van der Waals surface area contributed by atoms with Crippen LogP contribution in [0, 0.1) is 6.92 Å². The van der Waals surface area contributed by atoms with Gasteiger partial charge in [-0.05, 0) is 37.3 Å². The van der Waals surface area contributed by atoms with Gasteiger partial charge in [0, 0.05) is 23.3 Å². The summed E-state index contributed by atoms with van der Waals surface area (Å²) in [6.07, 6.45) is 1.77. The summed E-state index contributed by atoms with van der Waals surface area (Å²) in [5, 5.41) is 0.788. The molecule has 2 aromatic rings. The zero-order chi connectivity index (χ0) is 12.8. The van der Waals surface area contributed by atoms with Crippen LogP contribution in [-0.2, 0) is 0 Å². The van der Waals surface area contributed by atoms with Crippen molar-refractivity contribution in [3.8, 4) is 5.75 Å². The number of nitrogen functional groups attached to an aromatic ring is 1. The molecule has 0 fully saturated rings. The molecule has 2 rings (SSSR count). The van der Waals surface area contributed by atoms with Gasteiger partial charge >= 0.3 is 0 Å². The van der Waals surface area contributed by atoms with Crippen molar-refractivity contribution in [3.05, 3.63) is 42.2 Å².